The van der Waals surface area contributed by atoms with Crippen molar-refractivity contribution in [1.82, 2.24) is 10.6 Å². The molecule has 1 atom stereocenters. The highest BCUT2D eigenvalue weighted by atomic mass is 35.5. The Hall–Kier alpha value is -1.46. The molecule has 1 aromatic rings. The summed E-state index contributed by atoms with van der Waals surface area (Å²) in [5.41, 5.74) is 0.701. The van der Waals surface area contributed by atoms with Gasteiger partial charge in [-0.2, -0.15) is 0 Å². The zero-order valence-electron chi connectivity index (χ0n) is 11.8. The first-order chi connectivity index (χ1) is 9.79. The second kappa shape index (κ2) is 8.10. The maximum absolute atomic E-state index is 11.7. The molecule has 3 N–H and O–H groups in total. The Kier molecular flexibility index (Phi) is 6.78. The van der Waals surface area contributed by atoms with E-state index in [1.165, 1.54) is 0 Å². The van der Waals surface area contributed by atoms with Gasteiger partial charge >= 0.3 is 12.0 Å². The van der Waals surface area contributed by atoms with Crippen LogP contribution in [0.25, 0.3) is 0 Å². The number of amides is 2. The molecule has 0 spiro atoms. The molecule has 21 heavy (non-hydrogen) atoms. The van der Waals surface area contributed by atoms with E-state index in [0.717, 1.165) is 0 Å². The van der Waals surface area contributed by atoms with Crippen molar-refractivity contribution < 1.29 is 14.7 Å². The van der Waals surface area contributed by atoms with E-state index in [0.29, 0.717) is 22.0 Å². The molecule has 0 aliphatic carbocycles. The zero-order chi connectivity index (χ0) is 16.0. The highest BCUT2D eigenvalue weighted by Crippen LogP contribution is 2.20. The number of nitrogens with one attached hydrogen (secondary N) is 2. The number of rotatable bonds is 6. The van der Waals surface area contributed by atoms with E-state index >= 15 is 0 Å². The van der Waals surface area contributed by atoms with E-state index in [1.54, 1.807) is 18.2 Å². The summed E-state index contributed by atoms with van der Waals surface area (Å²) < 4.78 is 0. The molecular formula is C14H18Cl2N2O3. The van der Waals surface area contributed by atoms with Gasteiger partial charge in [-0.1, -0.05) is 43.1 Å². The molecule has 7 heteroatoms. The number of hydrogen-bond acceptors (Lipinski definition) is 2. The lowest BCUT2D eigenvalue weighted by Crippen LogP contribution is -2.46. The standard InChI is InChI=1S/C14H18Cl2N2O3/c1-8(2)5-12(13(19)20)18-14(21)17-7-9-3-4-10(15)6-11(9)16/h3-4,6,8,12H,5,7H2,1-2H3,(H,19,20)(H2,17,18,21). The summed E-state index contributed by atoms with van der Waals surface area (Å²) in [6.45, 7) is 3.97. The van der Waals surface area contributed by atoms with Crippen molar-refractivity contribution in [1.29, 1.82) is 0 Å². The van der Waals surface area contributed by atoms with Gasteiger partial charge < -0.3 is 15.7 Å². The van der Waals surface area contributed by atoms with E-state index in [2.05, 4.69) is 10.6 Å². The van der Waals surface area contributed by atoms with Crippen LogP contribution in [0.3, 0.4) is 0 Å². The lowest BCUT2D eigenvalue weighted by molar-refractivity contribution is -0.139. The third-order valence-electron chi connectivity index (χ3n) is 2.77. The van der Waals surface area contributed by atoms with Gasteiger partial charge in [0.05, 0.1) is 0 Å². The van der Waals surface area contributed by atoms with E-state index in [1.807, 2.05) is 13.8 Å². The number of carbonyl (C=O) groups is 2. The Morgan fingerprint density at radius 1 is 1.29 bits per heavy atom. The van der Waals surface area contributed by atoms with Gasteiger partial charge in [0.25, 0.3) is 0 Å². The molecule has 2 amide bonds. The molecule has 0 saturated carbocycles. The van der Waals surface area contributed by atoms with Crippen LogP contribution in [-0.4, -0.2) is 23.1 Å². The Labute approximate surface area is 133 Å². The van der Waals surface area contributed by atoms with Gasteiger partial charge in [0.1, 0.15) is 6.04 Å². The van der Waals surface area contributed by atoms with Gasteiger partial charge in [-0.15, -0.1) is 0 Å². The second-order valence-corrected chi connectivity index (χ2v) is 5.93. The fourth-order valence-corrected chi connectivity index (χ4v) is 2.22. The predicted octanol–water partition coefficient (Wildman–Crippen LogP) is 3.29. The first-order valence-corrected chi connectivity index (χ1v) is 7.26. The topological polar surface area (TPSA) is 78.4 Å². The third-order valence-corrected chi connectivity index (χ3v) is 3.35. The van der Waals surface area contributed by atoms with Crippen molar-refractivity contribution in [3.8, 4) is 0 Å². The maximum atomic E-state index is 11.7. The van der Waals surface area contributed by atoms with Crippen LogP contribution < -0.4 is 10.6 Å². The molecule has 0 aliphatic heterocycles. The van der Waals surface area contributed by atoms with Crippen molar-refractivity contribution in [2.24, 2.45) is 5.92 Å². The molecule has 1 aromatic carbocycles. The van der Waals surface area contributed by atoms with Crippen LogP contribution in [0.15, 0.2) is 18.2 Å². The fraction of sp³-hybridized carbons (Fsp3) is 0.429. The summed E-state index contributed by atoms with van der Waals surface area (Å²) in [5, 5.41) is 15.0. The van der Waals surface area contributed by atoms with Gasteiger partial charge in [-0.3, -0.25) is 0 Å². The molecule has 0 radical (unpaired) electrons. The SMILES string of the molecule is CC(C)CC(NC(=O)NCc1ccc(Cl)cc1Cl)C(=O)O. The quantitative estimate of drug-likeness (QED) is 0.747. The minimum absolute atomic E-state index is 0.164. The molecular weight excluding hydrogens is 315 g/mol. The highest BCUT2D eigenvalue weighted by Gasteiger charge is 2.20. The fourth-order valence-electron chi connectivity index (χ4n) is 1.74. The molecule has 0 bridgehead atoms. The average Bonchev–Trinajstić information content (AvgIpc) is 2.36. The zero-order valence-corrected chi connectivity index (χ0v) is 13.3. The third kappa shape index (κ3) is 6.23. The molecule has 0 heterocycles. The maximum Gasteiger partial charge on any atom is 0.326 e. The van der Waals surface area contributed by atoms with Crippen molar-refractivity contribution in [3.05, 3.63) is 33.8 Å². The summed E-state index contributed by atoms with van der Waals surface area (Å²) in [7, 11) is 0. The summed E-state index contributed by atoms with van der Waals surface area (Å²) >= 11 is 11.8. The first-order valence-electron chi connectivity index (χ1n) is 6.50. The summed E-state index contributed by atoms with van der Waals surface area (Å²) in [4.78, 5) is 22.8. The van der Waals surface area contributed by atoms with Crippen LogP contribution in [-0.2, 0) is 11.3 Å². The van der Waals surface area contributed by atoms with Crippen molar-refractivity contribution in [2.75, 3.05) is 0 Å². The lowest BCUT2D eigenvalue weighted by Gasteiger charge is -2.17. The second-order valence-electron chi connectivity index (χ2n) is 5.08. The largest absolute Gasteiger partial charge is 0.480 e. The van der Waals surface area contributed by atoms with Crippen LogP contribution in [0.4, 0.5) is 4.79 Å². The Balaban J connectivity index is 2.54. The number of aliphatic carboxylic acids is 1. The number of urea groups is 1. The van der Waals surface area contributed by atoms with Crippen LogP contribution in [0, 0.1) is 5.92 Å². The summed E-state index contributed by atoms with van der Waals surface area (Å²) in [6.07, 6.45) is 0.366. The van der Waals surface area contributed by atoms with Crippen molar-refractivity contribution in [3.63, 3.8) is 0 Å². The van der Waals surface area contributed by atoms with E-state index in [4.69, 9.17) is 28.3 Å². The minimum Gasteiger partial charge on any atom is -0.480 e. The van der Waals surface area contributed by atoms with Gasteiger partial charge in [-0.05, 0) is 30.0 Å². The molecule has 1 unspecified atom stereocenters. The smallest absolute Gasteiger partial charge is 0.326 e. The van der Waals surface area contributed by atoms with Gasteiger partial charge in [0.2, 0.25) is 0 Å². The Bertz CT molecular complexity index is 521. The minimum atomic E-state index is -1.05. The molecule has 116 valence electrons. The summed E-state index contributed by atoms with van der Waals surface area (Å²) in [6, 6.07) is 3.49. The lowest BCUT2D eigenvalue weighted by atomic mass is 10.0. The molecule has 5 nitrogen and oxygen atoms in total. The van der Waals surface area contributed by atoms with Crippen LogP contribution in [0.2, 0.25) is 10.0 Å². The average molecular weight is 333 g/mol. The van der Waals surface area contributed by atoms with E-state index in [9.17, 15) is 9.59 Å². The number of carbonyl (C=O) groups excluding carboxylic acids is 1. The molecule has 0 aromatic heterocycles. The predicted molar refractivity (Wildman–Crippen MR) is 82.7 cm³/mol. The molecule has 1 rings (SSSR count). The number of benzene rings is 1. The van der Waals surface area contributed by atoms with Crippen LogP contribution in [0.5, 0.6) is 0 Å². The molecule has 0 saturated heterocycles. The van der Waals surface area contributed by atoms with Crippen molar-refractivity contribution >= 4 is 35.2 Å². The normalized spacial score (nSPS) is 12.0. The summed E-state index contributed by atoms with van der Waals surface area (Å²) in [5.74, 6) is -0.888. The van der Waals surface area contributed by atoms with Crippen LogP contribution in [0.1, 0.15) is 25.8 Å². The van der Waals surface area contributed by atoms with Crippen LogP contribution >= 0.6 is 23.2 Å². The van der Waals surface area contributed by atoms with E-state index in [-0.39, 0.29) is 12.5 Å². The van der Waals surface area contributed by atoms with Crippen molar-refractivity contribution in [2.45, 2.75) is 32.9 Å². The molecule has 0 aliphatic rings. The first kappa shape index (κ1) is 17.6. The Morgan fingerprint density at radius 2 is 1.95 bits per heavy atom. The molecule has 0 fully saturated rings. The van der Waals surface area contributed by atoms with Gasteiger partial charge in [-0.25, -0.2) is 9.59 Å². The number of hydrogen-bond donors (Lipinski definition) is 3. The number of carboxylic acids is 1. The van der Waals surface area contributed by atoms with Gasteiger partial charge in [0.15, 0.2) is 0 Å². The number of carboxylic acid groups (broad SMARTS) is 1. The highest BCUT2D eigenvalue weighted by molar-refractivity contribution is 6.35. The number of halogens is 2. The van der Waals surface area contributed by atoms with Gasteiger partial charge in [0, 0.05) is 16.6 Å². The Morgan fingerprint density at radius 3 is 2.48 bits per heavy atom. The van der Waals surface area contributed by atoms with E-state index < -0.39 is 18.0 Å². The monoisotopic (exact) mass is 332 g/mol.